The van der Waals surface area contributed by atoms with Gasteiger partial charge in [0, 0.05) is 17.2 Å². The summed E-state index contributed by atoms with van der Waals surface area (Å²) in [7, 11) is 5.67. The van der Waals surface area contributed by atoms with Gasteiger partial charge in [0.15, 0.2) is 5.78 Å². The molecule has 0 aliphatic rings. The van der Waals surface area contributed by atoms with E-state index in [1.165, 1.54) is 47.5 Å². The van der Waals surface area contributed by atoms with Crippen LogP contribution in [-0.2, 0) is 9.59 Å². The van der Waals surface area contributed by atoms with Gasteiger partial charge in [-0.25, -0.2) is 0 Å². The van der Waals surface area contributed by atoms with E-state index in [0.717, 1.165) is 0 Å². The molecule has 0 aliphatic carbocycles. The number of methoxy groups -OCH3 is 4. The molecule has 0 heterocycles. The average molecular weight is 470 g/mol. The quantitative estimate of drug-likeness (QED) is 0.420. The van der Waals surface area contributed by atoms with E-state index in [9.17, 15) is 9.59 Å². The lowest BCUT2D eigenvalue weighted by atomic mass is 10.2. The Hall–Kier alpha value is -3.04. The Morgan fingerprint density at radius 1 is 0.903 bits per heavy atom. The second-order valence-electron chi connectivity index (χ2n) is 6.04. The molecule has 0 saturated carbocycles. The molecule has 31 heavy (non-hydrogen) atoms. The Labute approximate surface area is 189 Å². The number of carbonyl (C=O) groups is 2. The SMILES string of the molecule is COc1ccc(OC)c(N=NC(C(C)=O)C(=O)Nc2c(OC)cc(Cl)cc2OC)c1Cl. The van der Waals surface area contributed by atoms with E-state index < -0.39 is 17.7 Å². The average Bonchev–Trinajstić information content (AvgIpc) is 2.75. The number of ketones is 1. The summed E-state index contributed by atoms with van der Waals surface area (Å²) in [6.07, 6.45) is 0. The smallest absolute Gasteiger partial charge is 0.259 e. The number of hydrogen-bond acceptors (Lipinski definition) is 8. The second-order valence-corrected chi connectivity index (χ2v) is 6.85. The molecule has 1 amide bonds. The van der Waals surface area contributed by atoms with Crippen molar-refractivity contribution in [3.63, 3.8) is 0 Å². The van der Waals surface area contributed by atoms with Crippen LogP contribution < -0.4 is 24.3 Å². The molecule has 1 N–H and O–H groups in total. The number of rotatable bonds is 9. The Kier molecular flexibility index (Phi) is 8.47. The van der Waals surface area contributed by atoms with Gasteiger partial charge in [0.05, 0.1) is 28.4 Å². The number of nitrogens with one attached hydrogen (secondary N) is 1. The number of carbonyl (C=O) groups excluding carboxylic acids is 2. The van der Waals surface area contributed by atoms with Gasteiger partial charge in [-0.1, -0.05) is 23.2 Å². The lowest BCUT2D eigenvalue weighted by Crippen LogP contribution is -2.32. The number of ether oxygens (including phenoxy) is 4. The Bertz CT molecular complexity index is 988. The van der Waals surface area contributed by atoms with Crippen molar-refractivity contribution in [2.24, 2.45) is 10.2 Å². The molecule has 1 unspecified atom stereocenters. The molecule has 166 valence electrons. The number of Topliss-reactive ketones (excluding diaryl/α,β-unsaturated/α-hetero) is 1. The van der Waals surface area contributed by atoms with Gasteiger partial charge in [-0.3, -0.25) is 9.59 Å². The maximum Gasteiger partial charge on any atom is 0.259 e. The molecule has 1 atom stereocenters. The summed E-state index contributed by atoms with van der Waals surface area (Å²) in [4.78, 5) is 25.0. The van der Waals surface area contributed by atoms with E-state index in [-0.39, 0.29) is 27.9 Å². The van der Waals surface area contributed by atoms with Crippen LogP contribution in [0.3, 0.4) is 0 Å². The standard InChI is InChI=1S/C20H21Cl2N3O6/c1-10(26)17(24-25-19-13(29-3)7-6-12(28-2)16(19)22)20(27)23-18-14(30-4)8-11(21)9-15(18)31-5/h6-9,17H,1-5H3,(H,23,27). The second kappa shape index (κ2) is 10.8. The fourth-order valence-electron chi connectivity index (χ4n) is 2.57. The third-order valence-electron chi connectivity index (χ3n) is 4.11. The highest BCUT2D eigenvalue weighted by molar-refractivity contribution is 6.34. The summed E-state index contributed by atoms with van der Waals surface area (Å²) in [5.41, 5.74) is 0.307. The lowest BCUT2D eigenvalue weighted by molar-refractivity contribution is -0.126. The summed E-state index contributed by atoms with van der Waals surface area (Å²) in [5.74, 6) is -0.197. The van der Waals surface area contributed by atoms with Crippen LogP contribution in [0.15, 0.2) is 34.5 Å². The molecule has 0 fully saturated rings. The molecule has 0 bridgehead atoms. The van der Waals surface area contributed by atoms with E-state index in [1.807, 2.05) is 0 Å². The fourth-order valence-corrected chi connectivity index (χ4v) is 3.04. The predicted molar refractivity (Wildman–Crippen MR) is 117 cm³/mol. The van der Waals surface area contributed by atoms with Gasteiger partial charge in [0.25, 0.3) is 5.91 Å². The molecule has 0 aromatic heterocycles. The van der Waals surface area contributed by atoms with E-state index in [1.54, 1.807) is 12.1 Å². The molecule has 0 aliphatic heterocycles. The minimum Gasteiger partial charge on any atom is -0.495 e. The molecular formula is C20H21Cl2N3O6. The Morgan fingerprint density at radius 3 is 1.90 bits per heavy atom. The predicted octanol–water partition coefficient (Wildman–Crippen LogP) is 4.71. The molecule has 2 aromatic rings. The first-order valence-corrected chi connectivity index (χ1v) is 9.57. The highest BCUT2D eigenvalue weighted by Crippen LogP contribution is 2.42. The molecular weight excluding hydrogens is 449 g/mol. The first-order valence-electron chi connectivity index (χ1n) is 8.81. The Morgan fingerprint density at radius 2 is 1.42 bits per heavy atom. The first-order chi connectivity index (χ1) is 14.8. The van der Waals surface area contributed by atoms with Crippen molar-refractivity contribution in [3.8, 4) is 23.0 Å². The minimum absolute atomic E-state index is 0.115. The fraction of sp³-hybridized carbons (Fsp3) is 0.300. The van der Waals surface area contributed by atoms with Crippen LogP contribution in [0.2, 0.25) is 10.0 Å². The van der Waals surface area contributed by atoms with Gasteiger partial charge >= 0.3 is 0 Å². The Balaban J connectivity index is 2.41. The first kappa shape index (κ1) is 24.2. The van der Waals surface area contributed by atoms with Crippen molar-refractivity contribution >= 4 is 46.3 Å². The van der Waals surface area contributed by atoms with Crippen molar-refractivity contribution in [1.82, 2.24) is 0 Å². The molecule has 0 radical (unpaired) electrons. The number of benzene rings is 2. The zero-order chi connectivity index (χ0) is 23.1. The third kappa shape index (κ3) is 5.56. The van der Waals surface area contributed by atoms with Crippen molar-refractivity contribution in [2.45, 2.75) is 13.0 Å². The number of azo groups is 1. The van der Waals surface area contributed by atoms with Crippen LogP contribution in [0.1, 0.15) is 6.92 Å². The van der Waals surface area contributed by atoms with Gasteiger partial charge in [-0.2, -0.15) is 5.11 Å². The van der Waals surface area contributed by atoms with Gasteiger partial charge in [0.1, 0.15) is 39.4 Å². The topological polar surface area (TPSA) is 108 Å². The highest BCUT2D eigenvalue weighted by atomic mass is 35.5. The monoisotopic (exact) mass is 469 g/mol. The number of nitrogens with zero attached hydrogens (tertiary/aromatic N) is 2. The van der Waals surface area contributed by atoms with E-state index in [0.29, 0.717) is 16.5 Å². The highest BCUT2D eigenvalue weighted by Gasteiger charge is 2.26. The van der Waals surface area contributed by atoms with Gasteiger partial charge in [0.2, 0.25) is 6.04 Å². The largest absolute Gasteiger partial charge is 0.495 e. The van der Waals surface area contributed by atoms with Crippen LogP contribution in [-0.4, -0.2) is 46.2 Å². The minimum atomic E-state index is -1.47. The van der Waals surface area contributed by atoms with Crippen LogP contribution in [0.5, 0.6) is 23.0 Å². The molecule has 11 heteroatoms. The van der Waals surface area contributed by atoms with Gasteiger partial charge in [-0.05, 0) is 19.1 Å². The van der Waals surface area contributed by atoms with Crippen LogP contribution in [0.4, 0.5) is 11.4 Å². The van der Waals surface area contributed by atoms with Crippen LogP contribution in [0, 0.1) is 0 Å². The van der Waals surface area contributed by atoms with E-state index in [2.05, 4.69) is 15.5 Å². The summed E-state index contributed by atoms with van der Waals surface area (Å²) < 4.78 is 20.9. The summed E-state index contributed by atoms with van der Waals surface area (Å²) in [6.45, 7) is 1.21. The molecule has 0 saturated heterocycles. The third-order valence-corrected chi connectivity index (χ3v) is 4.69. The summed E-state index contributed by atoms with van der Waals surface area (Å²) in [5, 5.41) is 10.9. The van der Waals surface area contributed by atoms with Crippen molar-refractivity contribution in [3.05, 3.63) is 34.3 Å². The van der Waals surface area contributed by atoms with E-state index >= 15 is 0 Å². The van der Waals surface area contributed by atoms with E-state index in [4.69, 9.17) is 42.1 Å². The number of halogens is 2. The summed E-state index contributed by atoms with van der Waals surface area (Å²) >= 11 is 12.3. The van der Waals surface area contributed by atoms with Crippen molar-refractivity contribution < 1.29 is 28.5 Å². The molecule has 0 spiro atoms. The zero-order valence-corrected chi connectivity index (χ0v) is 19.0. The maximum atomic E-state index is 12.8. The van der Waals surface area contributed by atoms with Gasteiger partial charge in [-0.15, -0.1) is 5.11 Å². The van der Waals surface area contributed by atoms with Gasteiger partial charge < -0.3 is 24.3 Å². The molecule has 2 rings (SSSR count). The van der Waals surface area contributed by atoms with Crippen molar-refractivity contribution in [2.75, 3.05) is 33.8 Å². The number of anilines is 1. The normalized spacial score (nSPS) is 11.7. The zero-order valence-electron chi connectivity index (χ0n) is 17.5. The lowest BCUT2D eigenvalue weighted by Gasteiger charge is -2.16. The van der Waals surface area contributed by atoms with Crippen LogP contribution in [0.25, 0.3) is 0 Å². The maximum absolute atomic E-state index is 12.8. The molecule has 9 nitrogen and oxygen atoms in total. The number of amides is 1. The molecule has 2 aromatic carbocycles. The van der Waals surface area contributed by atoms with Crippen molar-refractivity contribution in [1.29, 1.82) is 0 Å². The van der Waals surface area contributed by atoms with Crippen LogP contribution >= 0.6 is 23.2 Å². The number of hydrogen-bond donors (Lipinski definition) is 1. The summed E-state index contributed by atoms with van der Waals surface area (Å²) in [6, 6.07) is 4.67.